The molecule has 0 saturated carbocycles. The molecule has 1 N–H and O–H groups in total. The van der Waals surface area contributed by atoms with E-state index in [1.165, 1.54) is 16.5 Å². The molecule has 1 aromatic carbocycles. The van der Waals surface area contributed by atoms with Crippen LogP contribution in [0.1, 0.15) is 11.3 Å². The Morgan fingerprint density at radius 1 is 1.29 bits per heavy atom. The van der Waals surface area contributed by atoms with E-state index in [1.54, 1.807) is 33.0 Å². The van der Waals surface area contributed by atoms with Crippen molar-refractivity contribution in [3.63, 3.8) is 0 Å². The number of aromatic nitrogens is 3. The highest BCUT2D eigenvalue weighted by atomic mass is 35.5. The summed E-state index contributed by atoms with van der Waals surface area (Å²) < 4.78 is 21.9. The molecule has 0 radical (unpaired) electrons. The van der Waals surface area contributed by atoms with Gasteiger partial charge in [0.15, 0.2) is 5.82 Å². The standard InChI is InChI=1S/C23H26ClFN6O3/c1-13-14(2)27-21-9-20(29-6-7-34-19(10-29)18-11-31(3,33)12-26-18)28-22(30(21)23(13)32)16-5-4-15(24)8-17(16)25/h4-5,8-9,18-19,26H,6-7,10-12H2,1-3H3. The van der Waals surface area contributed by atoms with Crippen molar-refractivity contribution < 1.29 is 13.8 Å². The van der Waals surface area contributed by atoms with Gasteiger partial charge < -0.3 is 19.5 Å². The predicted molar refractivity (Wildman–Crippen MR) is 127 cm³/mol. The zero-order chi connectivity index (χ0) is 24.2. The molecule has 0 amide bonds. The van der Waals surface area contributed by atoms with Crippen molar-refractivity contribution in [2.75, 3.05) is 44.9 Å². The number of fused-ring (bicyclic) bond motifs is 1. The molecule has 3 aromatic rings. The number of morpholine rings is 1. The summed E-state index contributed by atoms with van der Waals surface area (Å²) in [4.78, 5) is 24.5. The van der Waals surface area contributed by atoms with Crippen LogP contribution < -0.4 is 15.8 Å². The van der Waals surface area contributed by atoms with Crippen LogP contribution in [0.5, 0.6) is 0 Å². The van der Waals surface area contributed by atoms with Crippen molar-refractivity contribution in [2.45, 2.75) is 26.0 Å². The van der Waals surface area contributed by atoms with Crippen molar-refractivity contribution in [1.82, 2.24) is 19.7 Å². The number of halogens is 2. The Labute approximate surface area is 200 Å². The highest BCUT2D eigenvalue weighted by Gasteiger charge is 2.37. The average Bonchev–Trinajstić information content (AvgIpc) is 3.16. The van der Waals surface area contributed by atoms with Gasteiger partial charge in [0.2, 0.25) is 0 Å². The lowest BCUT2D eigenvalue weighted by molar-refractivity contribution is -0.849. The van der Waals surface area contributed by atoms with Crippen LogP contribution in [0.2, 0.25) is 5.02 Å². The monoisotopic (exact) mass is 488 g/mol. The lowest BCUT2D eigenvalue weighted by Crippen LogP contribution is -2.52. The van der Waals surface area contributed by atoms with Crippen LogP contribution in [0, 0.1) is 24.9 Å². The van der Waals surface area contributed by atoms with Crippen LogP contribution in [-0.4, -0.2) is 71.1 Å². The normalized spacial score (nSPS) is 25.3. The first-order valence-corrected chi connectivity index (χ1v) is 11.5. The van der Waals surface area contributed by atoms with Gasteiger partial charge in [0, 0.05) is 35.4 Å². The summed E-state index contributed by atoms with van der Waals surface area (Å²) in [5, 5.41) is 15.8. The van der Waals surface area contributed by atoms with E-state index in [0.717, 1.165) is 0 Å². The SMILES string of the molecule is Cc1nc2cc(N3CCOC(C4C[N+](C)([O-])CN4)C3)nc(-c3ccc(Cl)cc3F)n2c(=O)c1C. The van der Waals surface area contributed by atoms with Gasteiger partial charge in [0.1, 0.15) is 24.0 Å². The summed E-state index contributed by atoms with van der Waals surface area (Å²) >= 11 is 5.96. The van der Waals surface area contributed by atoms with Gasteiger partial charge in [-0.05, 0) is 32.0 Å². The van der Waals surface area contributed by atoms with Gasteiger partial charge in [0.05, 0.1) is 37.9 Å². The Balaban J connectivity index is 1.61. The van der Waals surface area contributed by atoms with Crippen molar-refractivity contribution in [2.24, 2.45) is 0 Å². The summed E-state index contributed by atoms with van der Waals surface area (Å²) in [6.07, 6.45) is -0.202. The second-order valence-electron chi connectivity index (χ2n) is 9.19. The minimum absolute atomic E-state index is 0.0791. The van der Waals surface area contributed by atoms with Crippen LogP contribution in [-0.2, 0) is 4.74 Å². The third-order valence-corrected chi connectivity index (χ3v) is 6.81. The van der Waals surface area contributed by atoms with Crippen molar-refractivity contribution in [1.29, 1.82) is 0 Å². The number of nitrogens with zero attached hydrogens (tertiary/aromatic N) is 5. The van der Waals surface area contributed by atoms with E-state index in [0.29, 0.717) is 55.6 Å². The minimum Gasteiger partial charge on any atom is -0.632 e. The van der Waals surface area contributed by atoms with Gasteiger partial charge in [-0.1, -0.05) is 11.6 Å². The van der Waals surface area contributed by atoms with Crippen molar-refractivity contribution in [3.05, 3.63) is 61.9 Å². The number of likely N-dealkylation sites (N-methyl/N-ethyl adjacent to an activating group) is 1. The molecule has 0 bridgehead atoms. The number of hydrogen-bond donors (Lipinski definition) is 1. The van der Waals surface area contributed by atoms with Crippen LogP contribution in [0.25, 0.3) is 17.0 Å². The Kier molecular flexibility index (Phi) is 5.81. The molecule has 0 spiro atoms. The third-order valence-electron chi connectivity index (χ3n) is 6.58. The number of hydrogen-bond acceptors (Lipinski definition) is 7. The van der Waals surface area contributed by atoms with Crippen LogP contribution in [0.15, 0.2) is 29.1 Å². The van der Waals surface area contributed by atoms with Crippen LogP contribution in [0.3, 0.4) is 0 Å². The topological polar surface area (TPSA) is 94.8 Å². The molecule has 3 unspecified atom stereocenters. The summed E-state index contributed by atoms with van der Waals surface area (Å²) in [6, 6.07) is 5.94. The fourth-order valence-electron chi connectivity index (χ4n) is 4.58. The summed E-state index contributed by atoms with van der Waals surface area (Å²) in [6.45, 7) is 5.73. The van der Waals surface area contributed by atoms with Gasteiger partial charge in [-0.2, -0.15) is 0 Å². The Morgan fingerprint density at radius 2 is 2.09 bits per heavy atom. The molecule has 2 saturated heterocycles. The lowest BCUT2D eigenvalue weighted by atomic mass is 10.1. The van der Waals surface area contributed by atoms with E-state index in [9.17, 15) is 14.4 Å². The summed E-state index contributed by atoms with van der Waals surface area (Å²) in [5.41, 5.74) is 1.32. The fraction of sp³-hybridized carbons (Fsp3) is 0.435. The maximum atomic E-state index is 15.0. The number of ether oxygens (including phenoxy) is 1. The number of benzene rings is 1. The average molecular weight is 489 g/mol. The van der Waals surface area contributed by atoms with E-state index in [4.69, 9.17) is 21.3 Å². The molecular formula is C23H26ClFN6O3. The molecule has 2 fully saturated rings. The molecule has 0 aliphatic carbocycles. The molecule has 5 rings (SSSR count). The molecule has 34 heavy (non-hydrogen) atoms. The highest BCUT2D eigenvalue weighted by molar-refractivity contribution is 6.30. The number of rotatable bonds is 3. The third kappa shape index (κ3) is 4.16. The second kappa shape index (κ2) is 8.54. The van der Waals surface area contributed by atoms with Crippen molar-refractivity contribution >= 4 is 23.1 Å². The zero-order valence-electron chi connectivity index (χ0n) is 19.2. The quantitative estimate of drug-likeness (QED) is 0.446. The molecule has 9 nitrogen and oxygen atoms in total. The number of aryl methyl sites for hydroxylation is 1. The maximum Gasteiger partial charge on any atom is 0.262 e. The van der Waals surface area contributed by atoms with Gasteiger partial charge in [0.25, 0.3) is 5.56 Å². The van der Waals surface area contributed by atoms with Gasteiger partial charge >= 0.3 is 0 Å². The maximum absolute atomic E-state index is 15.0. The molecule has 180 valence electrons. The first-order chi connectivity index (χ1) is 16.1. The predicted octanol–water partition coefficient (Wildman–Crippen LogP) is 2.24. The van der Waals surface area contributed by atoms with E-state index < -0.39 is 5.82 Å². The van der Waals surface area contributed by atoms with Gasteiger partial charge in [-0.25, -0.2) is 18.8 Å². The smallest absolute Gasteiger partial charge is 0.262 e. The van der Waals surface area contributed by atoms with Crippen LogP contribution in [0.4, 0.5) is 10.2 Å². The fourth-order valence-corrected chi connectivity index (χ4v) is 4.74. The van der Waals surface area contributed by atoms with Crippen molar-refractivity contribution in [3.8, 4) is 11.4 Å². The Bertz CT molecular complexity index is 1330. The number of anilines is 1. The number of quaternary nitrogens is 1. The first-order valence-electron chi connectivity index (χ1n) is 11.1. The Morgan fingerprint density at radius 3 is 2.79 bits per heavy atom. The Hall–Kier alpha value is -2.63. The van der Waals surface area contributed by atoms with E-state index >= 15 is 0 Å². The number of hydroxylamine groups is 3. The molecule has 3 atom stereocenters. The lowest BCUT2D eigenvalue weighted by Gasteiger charge is -2.37. The summed E-state index contributed by atoms with van der Waals surface area (Å²) in [5.74, 6) is 0.143. The molecule has 4 heterocycles. The second-order valence-corrected chi connectivity index (χ2v) is 9.62. The molecule has 2 aromatic heterocycles. The number of nitrogens with one attached hydrogen (secondary N) is 1. The molecule has 2 aliphatic heterocycles. The zero-order valence-corrected chi connectivity index (χ0v) is 20.0. The highest BCUT2D eigenvalue weighted by Crippen LogP contribution is 2.28. The summed E-state index contributed by atoms with van der Waals surface area (Å²) in [7, 11) is 1.64. The first kappa shape index (κ1) is 23.1. The van der Waals surface area contributed by atoms with E-state index in [-0.39, 0.29) is 38.8 Å². The van der Waals surface area contributed by atoms with E-state index in [2.05, 4.69) is 10.3 Å². The molecule has 11 heteroatoms. The van der Waals surface area contributed by atoms with Gasteiger partial charge in [-0.15, -0.1) is 0 Å². The largest absolute Gasteiger partial charge is 0.632 e. The minimum atomic E-state index is -0.578. The molecule has 2 aliphatic rings. The molecular weight excluding hydrogens is 463 g/mol. The van der Waals surface area contributed by atoms with Crippen LogP contribution >= 0.6 is 11.6 Å². The van der Waals surface area contributed by atoms with Gasteiger partial charge in [-0.3, -0.25) is 10.1 Å². The van der Waals surface area contributed by atoms with E-state index in [1.807, 2.05) is 4.90 Å².